The number of nitrogens with one attached hydrogen (secondary N) is 1. The fourth-order valence-electron chi connectivity index (χ4n) is 2.09. The number of aromatic nitrogens is 2. The Bertz CT molecular complexity index is 784. The average molecular weight is 331 g/mol. The largest absolute Gasteiger partial charge is 0.420 e. The summed E-state index contributed by atoms with van der Waals surface area (Å²) in [5, 5.41) is 14.4. The molecule has 5 nitrogen and oxygen atoms in total. The zero-order valence-corrected chi connectivity index (χ0v) is 13.1. The number of halogens is 1. The maximum Gasteiger partial charge on any atom is 0.248 e. The number of hydrogen-bond acceptors (Lipinski definition) is 5. The van der Waals surface area contributed by atoms with Crippen LogP contribution in [0, 0.1) is 5.82 Å². The highest BCUT2D eigenvalue weighted by atomic mass is 32.1. The van der Waals surface area contributed by atoms with Gasteiger partial charge in [-0.15, -0.1) is 10.2 Å². The lowest BCUT2D eigenvalue weighted by Crippen LogP contribution is -2.28. The maximum atomic E-state index is 12.9. The Morgan fingerprint density at radius 1 is 1.30 bits per heavy atom. The van der Waals surface area contributed by atoms with Crippen molar-refractivity contribution >= 4 is 17.2 Å². The van der Waals surface area contributed by atoms with Crippen molar-refractivity contribution < 1.29 is 13.6 Å². The van der Waals surface area contributed by atoms with Crippen molar-refractivity contribution in [3.63, 3.8) is 0 Å². The molecule has 0 radical (unpaired) electrons. The predicted octanol–water partition coefficient (Wildman–Crippen LogP) is 3.36. The van der Waals surface area contributed by atoms with Crippen LogP contribution in [0.2, 0.25) is 0 Å². The van der Waals surface area contributed by atoms with Gasteiger partial charge in [-0.1, -0.05) is 12.1 Å². The van der Waals surface area contributed by atoms with Crippen LogP contribution in [0.1, 0.15) is 24.4 Å². The summed E-state index contributed by atoms with van der Waals surface area (Å²) in [5.41, 5.74) is 1.66. The molecule has 0 saturated carbocycles. The zero-order valence-electron chi connectivity index (χ0n) is 12.3. The van der Waals surface area contributed by atoms with E-state index in [-0.39, 0.29) is 30.1 Å². The number of rotatable bonds is 5. The van der Waals surface area contributed by atoms with Gasteiger partial charge in [-0.2, -0.15) is 11.3 Å². The molecule has 0 aliphatic heterocycles. The molecule has 118 valence electrons. The van der Waals surface area contributed by atoms with Crippen LogP contribution in [-0.4, -0.2) is 16.1 Å². The molecule has 0 unspecified atom stereocenters. The zero-order chi connectivity index (χ0) is 16.2. The first-order valence-corrected chi connectivity index (χ1v) is 7.96. The molecule has 7 heteroatoms. The summed E-state index contributed by atoms with van der Waals surface area (Å²) in [6.07, 6.45) is 0.00265. The molecule has 1 aromatic carbocycles. The molecule has 1 N–H and O–H groups in total. The lowest BCUT2D eigenvalue weighted by atomic mass is 10.1. The highest BCUT2D eigenvalue weighted by Crippen LogP contribution is 2.20. The van der Waals surface area contributed by atoms with Crippen molar-refractivity contribution in [1.29, 1.82) is 0 Å². The van der Waals surface area contributed by atoms with E-state index in [9.17, 15) is 9.18 Å². The molecule has 0 aliphatic carbocycles. The lowest BCUT2D eigenvalue weighted by Gasteiger charge is -2.13. The van der Waals surface area contributed by atoms with Crippen molar-refractivity contribution in [1.82, 2.24) is 15.5 Å². The topological polar surface area (TPSA) is 68.0 Å². The van der Waals surface area contributed by atoms with E-state index in [1.807, 2.05) is 23.8 Å². The summed E-state index contributed by atoms with van der Waals surface area (Å²) < 4.78 is 18.4. The Balaban J connectivity index is 1.60. The fourth-order valence-corrected chi connectivity index (χ4v) is 2.72. The number of thiophene rings is 1. The average Bonchev–Trinajstić information content (AvgIpc) is 3.18. The number of benzene rings is 1. The van der Waals surface area contributed by atoms with E-state index >= 15 is 0 Å². The van der Waals surface area contributed by atoms with Crippen LogP contribution in [-0.2, 0) is 11.2 Å². The Hall–Kier alpha value is -2.54. The van der Waals surface area contributed by atoms with Gasteiger partial charge in [-0.25, -0.2) is 4.39 Å². The molecule has 0 spiro atoms. The normalized spacial score (nSPS) is 12.1. The van der Waals surface area contributed by atoms with Crippen molar-refractivity contribution in [2.45, 2.75) is 19.4 Å². The van der Waals surface area contributed by atoms with Crippen LogP contribution in [0.25, 0.3) is 11.5 Å². The second-order valence-corrected chi connectivity index (χ2v) is 5.81. The quantitative estimate of drug-likeness (QED) is 0.778. The smallest absolute Gasteiger partial charge is 0.248 e. The second-order valence-electron chi connectivity index (χ2n) is 5.03. The van der Waals surface area contributed by atoms with Crippen LogP contribution >= 0.6 is 11.3 Å². The molecule has 23 heavy (non-hydrogen) atoms. The third kappa shape index (κ3) is 3.81. The van der Waals surface area contributed by atoms with Crippen molar-refractivity contribution in [2.75, 3.05) is 0 Å². The molecule has 0 aliphatic rings. The number of hydrogen-bond donors (Lipinski definition) is 1. The number of carbonyl (C=O) groups is 1. The second kappa shape index (κ2) is 6.70. The van der Waals surface area contributed by atoms with E-state index in [2.05, 4.69) is 15.5 Å². The van der Waals surface area contributed by atoms with E-state index in [1.165, 1.54) is 23.5 Å². The van der Waals surface area contributed by atoms with E-state index in [4.69, 9.17) is 4.42 Å². The SMILES string of the molecule is C[C@@H](NC(=O)Cc1nnc(-c2ccsc2)o1)c1ccc(F)cc1. The minimum absolute atomic E-state index is 0.00265. The maximum absolute atomic E-state index is 12.9. The minimum atomic E-state index is -0.306. The molecule has 1 amide bonds. The molecule has 0 fully saturated rings. The van der Waals surface area contributed by atoms with Crippen molar-refractivity contribution in [3.8, 4) is 11.5 Å². The van der Waals surface area contributed by atoms with Crippen molar-refractivity contribution in [2.24, 2.45) is 0 Å². The number of nitrogens with zero attached hydrogens (tertiary/aromatic N) is 2. The fraction of sp³-hybridized carbons (Fsp3) is 0.188. The summed E-state index contributed by atoms with van der Waals surface area (Å²) in [4.78, 5) is 12.0. The van der Waals surface area contributed by atoms with Crippen molar-refractivity contribution in [3.05, 3.63) is 58.4 Å². The van der Waals surface area contributed by atoms with Gasteiger partial charge in [0.2, 0.25) is 17.7 Å². The highest BCUT2D eigenvalue weighted by Gasteiger charge is 2.15. The van der Waals surface area contributed by atoms with Gasteiger partial charge in [0.15, 0.2) is 0 Å². The van der Waals surface area contributed by atoms with Crippen LogP contribution in [0.4, 0.5) is 4.39 Å². The summed E-state index contributed by atoms with van der Waals surface area (Å²) in [7, 11) is 0. The van der Waals surface area contributed by atoms with Crippen LogP contribution < -0.4 is 5.32 Å². The molecule has 3 rings (SSSR count). The third-order valence-electron chi connectivity index (χ3n) is 3.29. The van der Waals surface area contributed by atoms with Gasteiger partial charge in [-0.3, -0.25) is 4.79 Å². The Labute approximate surface area is 136 Å². The molecule has 2 heterocycles. The number of carbonyl (C=O) groups excluding carboxylic acids is 1. The molecular weight excluding hydrogens is 317 g/mol. The van der Waals surface area contributed by atoms with E-state index in [0.29, 0.717) is 5.89 Å². The van der Waals surface area contributed by atoms with Crippen LogP contribution in [0.3, 0.4) is 0 Å². The summed E-state index contributed by atoms with van der Waals surface area (Å²) in [6, 6.07) is 7.65. The van der Waals surface area contributed by atoms with Gasteiger partial charge >= 0.3 is 0 Å². The predicted molar refractivity (Wildman–Crippen MR) is 84.3 cm³/mol. The van der Waals surface area contributed by atoms with Crippen LogP contribution in [0.15, 0.2) is 45.5 Å². The summed E-state index contributed by atoms with van der Waals surface area (Å²) in [5.74, 6) is 0.122. The van der Waals surface area contributed by atoms with E-state index in [1.54, 1.807) is 12.1 Å². The van der Waals surface area contributed by atoms with Gasteiger partial charge in [0, 0.05) is 10.9 Å². The van der Waals surface area contributed by atoms with E-state index in [0.717, 1.165) is 11.1 Å². The van der Waals surface area contributed by atoms with Gasteiger partial charge < -0.3 is 9.73 Å². The van der Waals surface area contributed by atoms with Gasteiger partial charge in [0.05, 0.1) is 6.04 Å². The molecule has 3 aromatic rings. The van der Waals surface area contributed by atoms with Gasteiger partial charge in [-0.05, 0) is 36.1 Å². The van der Waals surface area contributed by atoms with Gasteiger partial charge in [0.1, 0.15) is 12.2 Å². The molecule has 2 aromatic heterocycles. The van der Waals surface area contributed by atoms with E-state index < -0.39 is 0 Å². The molecule has 1 atom stereocenters. The summed E-state index contributed by atoms with van der Waals surface area (Å²) in [6.45, 7) is 1.83. The van der Waals surface area contributed by atoms with Crippen LogP contribution in [0.5, 0.6) is 0 Å². The molecule has 0 bridgehead atoms. The Morgan fingerprint density at radius 3 is 2.78 bits per heavy atom. The van der Waals surface area contributed by atoms with Gasteiger partial charge in [0.25, 0.3) is 0 Å². The first-order chi connectivity index (χ1) is 11.1. The lowest BCUT2D eigenvalue weighted by molar-refractivity contribution is -0.121. The first kappa shape index (κ1) is 15.4. The summed E-state index contributed by atoms with van der Waals surface area (Å²) >= 11 is 1.53. The molecule has 0 saturated heterocycles. The standard InChI is InChI=1S/C16H14FN3O2S/c1-10(11-2-4-13(17)5-3-11)18-14(21)8-15-19-20-16(22-15)12-6-7-23-9-12/h2-7,9-10H,8H2,1H3,(H,18,21)/t10-/m1/s1. The molecular formula is C16H14FN3O2S. The Kier molecular flexibility index (Phi) is 4.47. The minimum Gasteiger partial charge on any atom is -0.420 e. The Morgan fingerprint density at radius 2 is 2.09 bits per heavy atom. The first-order valence-electron chi connectivity index (χ1n) is 7.01. The number of amides is 1. The third-order valence-corrected chi connectivity index (χ3v) is 3.98. The monoisotopic (exact) mass is 331 g/mol. The highest BCUT2D eigenvalue weighted by molar-refractivity contribution is 7.08.